The van der Waals surface area contributed by atoms with Crippen molar-refractivity contribution in [2.75, 3.05) is 12.4 Å². The van der Waals surface area contributed by atoms with Gasteiger partial charge >= 0.3 is 0 Å². The minimum atomic E-state index is -0.859. The quantitative estimate of drug-likeness (QED) is 0.220. The standard InChI is InChI=1S/C21H13ClN4O7/c1-32-20-6-3-14(26(30)31)10-18(20)24-21(27)12(11-23)8-15-4-7-19(33-15)16-9-13(25(28)29)2-5-17(16)22/h2-10H,1H3,(H,24,27)/b12-8+. The van der Waals surface area contributed by atoms with Crippen molar-refractivity contribution in [3.63, 3.8) is 0 Å². The van der Waals surface area contributed by atoms with E-state index in [1.54, 1.807) is 6.07 Å². The minimum absolute atomic E-state index is 0.00126. The van der Waals surface area contributed by atoms with Crippen molar-refractivity contribution in [2.45, 2.75) is 0 Å². The number of furan rings is 1. The van der Waals surface area contributed by atoms with E-state index in [1.165, 1.54) is 49.6 Å². The van der Waals surface area contributed by atoms with Crippen molar-refractivity contribution in [1.29, 1.82) is 5.26 Å². The molecule has 3 rings (SSSR count). The summed E-state index contributed by atoms with van der Waals surface area (Å²) in [5, 5.41) is 34.0. The lowest BCUT2D eigenvalue weighted by Gasteiger charge is -2.09. The molecular formula is C21H13ClN4O7. The molecular weight excluding hydrogens is 456 g/mol. The molecule has 12 heteroatoms. The first kappa shape index (κ1) is 23.0. The first-order chi connectivity index (χ1) is 15.7. The van der Waals surface area contributed by atoms with E-state index in [1.807, 2.05) is 0 Å². The molecule has 1 heterocycles. The number of nitriles is 1. The maximum Gasteiger partial charge on any atom is 0.271 e. The number of hydrogen-bond donors (Lipinski definition) is 1. The Morgan fingerprint density at radius 1 is 1.12 bits per heavy atom. The fraction of sp³-hybridized carbons (Fsp3) is 0.0476. The topological polar surface area (TPSA) is 162 Å². The van der Waals surface area contributed by atoms with Crippen LogP contribution in [0.1, 0.15) is 5.76 Å². The molecule has 1 amide bonds. The number of amides is 1. The Morgan fingerprint density at radius 3 is 2.42 bits per heavy atom. The first-order valence-electron chi connectivity index (χ1n) is 9.03. The molecule has 1 N–H and O–H groups in total. The average molecular weight is 469 g/mol. The van der Waals surface area contributed by atoms with E-state index < -0.39 is 15.8 Å². The number of benzene rings is 2. The summed E-state index contributed by atoms with van der Waals surface area (Å²) < 4.78 is 10.7. The normalized spacial score (nSPS) is 10.9. The predicted molar refractivity (Wildman–Crippen MR) is 118 cm³/mol. The van der Waals surface area contributed by atoms with Crippen LogP contribution in [-0.2, 0) is 4.79 Å². The summed E-state index contributed by atoms with van der Waals surface area (Å²) in [5.74, 6) is -0.409. The molecule has 0 radical (unpaired) electrons. The van der Waals surface area contributed by atoms with Gasteiger partial charge in [-0.3, -0.25) is 25.0 Å². The van der Waals surface area contributed by atoms with Crippen LogP contribution in [-0.4, -0.2) is 22.9 Å². The molecule has 0 saturated carbocycles. The Labute approximate surface area is 190 Å². The zero-order valence-electron chi connectivity index (χ0n) is 16.8. The number of hydrogen-bond acceptors (Lipinski definition) is 8. The Balaban J connectivity index is 1.89. The molecule has 11 nitrogen and oxygen atoms in total. The SMILES string of the molecule is COc1ccc([N+](=O)[O-])cc1NC(=O)/C(C#N)=C/c1ccc(-c2cc([N+](=O)[O-])ccc2Cl)o1. The van der Waals surface area contributed by atoms with Crippen LogP contribution in [0, 0.1) is 31.6 Å². The van der Waals surface area contributed by atoms with Crippen molar-refractivity contribution < 1.29 is 23.8 Å². The molecule has 0 fully saturated rings. The highest BCUT2D eigenvalue weighted by atomic mass is 35.5. The van der Waals surface area contributed by atoms with E-state index in [0.29, 0.717) is 0 Å². The third kappa shape index (κ3) is 5.15. The average Bonchev–Trinajstić information content (AvgIpc) is 3.25. The van der Waals surface area contributed by atoms with Gasteiger partial charge in [-0.25, -0.2) is 0 Å². The van der Waals surface area contributed by atoms with Gasteiger partial charge in [0.15, 0.2) is 0 Å². The Hall–Kier alpha value is -4.69. The molecule has 0 aliphatic carbocycles. The Bertz CT molecular complexity index is 1340. The van der Waals surface area contributed by atoms with Crippen LogP contribution in [0.2, 0.25) is 5.02 Å². The van der Waals surface area contributed by atoms with Gasteiger partial charge in [-0.15, -0.1) is 0 Å². The number of carbonyl (C=O) groups excluding carboxylic acids is 1. The lowest BCUT2D eigenvalue weighted by atomic mass is 10.1. The monoisotopic (exact) mass is 468 g/mol. The summed E-state index contributed by atoms with van der Waals surface area (Å²) in [6.45, 7) is 0. The largest absolute Gasteiger partial charge is 0.495 e. The van der Waals surface area contributed by atoms with Gasteiger partial charge in [-0.2, -0.15) is 5.26 Å². The van der Waals surface area contributed by atoms with Gasteiger partial charge in [0.05, 0.1) is 27.7 Å². The van der Waals surface area contributed by atoms with E-state index in [4.69, 9.17) is 20.8 Å². The number of nitrogens with zero attached hydrogens (tertiary/aromatic N) is 3. The summed E-state index contributed by atoms with van der Waals surface area (Å²) in [6, 6.07) is 12.1. The molecule has 3 aromatic rings. The van der Waals surface area contributed by atoms with Gasteiger partial charge in [0, 0.05) is 35.9 Å². The van der Waals surface area contributed by atoms with Gasteiger partial charge in [-0.1, -0.05) is 11.6 Å². The van der Waals surface area contributed by atoms with Gasteiger partial charge < -0.3 is 14.5 Å². The predicted octanol–water partition coefficient (Wildman–Crippen LogP) is 4.97. The fourth-order valence-electron chi connectivity index (χ4n) is 2.78. The molecule has 0 atom stereocenters. The highest BCUT2D eigenvalue weighted by Crippen LogP contribution is 2.33. The number of methoxy groups -OCH3 is 1. The summed E-state index contributed by atoms with van der Waals surface area (Å²) in [7, 11) is 1.32. The molecule has 166 valence electrons. The maximum absolute atomic E-state index is 12.6. The number of non-ortho nitro benzene ring substituents is 2. The summed E-state index contributed by atoms with van der Waals surface area (Å²) in [5.41, 5.74) is -0.574. The van der Waals surface area contributed by atoms with E-state index in [-0.39, 0.29) is 50.5 Å². The van der Waals surface area contributed by atoms with Gasteiger partial charge in [0.1, 0.15) is 28.9 Å². The van der Waals surface area contributed by atoms with Crippen LogP contribution in [0.4, 0.5) is 17.1 Å². The van der Waals surface area contributed by atoms with Crippen LogP contribution < -0.4 is 10.1 Å². The van der Waals surface area contributed by atoms with Crippen molar-refractivity contribution in [1.82, 2.24) is 0 Å². The number of anilines is 1. The van der Waals surface area contributed by atoms with Crippen molar-refractivity contribution in [3.8, 4) is 23.1 Å². The van der Waals surface area contributed by atoms with Crippen LogP contribution in [0.15, 0.2) is 58.5 Å². The molecule has 1 aromatic heterocycles. The molecule has 0 unspecified atom stereocenters. The van der Waals surface area contributed by atoms with Crippen LogP contribution in [0.25, 0.3) is 17.4 Å². The maximum atomic E-state index is 12.6. The molecule has 0 spiro atoms. The summed E-state index contributed by atoms with van der Waals surface area (Å²) in [4.78, 5) is 33.4. The zero-order chi connectivity index (χ0) is 24.1. The third-order valence-electron chi connectivity index (χ3n) is 4.35. The lowest BCUT2D eigenvalue weighted by molar-refractivity contribution is -0.385. The van der Waals surface area contributed by atoms with E-state index >= 15 is 0 Å². The van der Waals surface area contributed by atoms with E-state index in [2.05, 4.69) is 5.32 Å². The molecule has 0 aliphatic heterocycles. The molecule has 2 aromatic carbocycles. The number of rotatable bonds is 7. The Kier molecular flexibility index (Phi) is 6.71. The Morgan fingerprint density at radius 2 is 1.79 bits per heavy atom. The number of halogens is 1. The number of nitrogens with one attached hydrogen (secondary N) is 1. The van der Waals surface area contributed by atoms with Gasteiger partial charge in [-0.05, 0) is 24.3 Å². The number of nitro groups is 2. The van der Waals surface area contributed by atoms with Gasteiger partial charge in [0.2, 0.25) is 0 Å². The number of carbonyl (C=O) groups is 1. The fourth-order valence-corrected chi connectivity index (χ4v) is 2.99. The van der Waals surface area contributed by atoms with Crippen LogP contribution >= 0.6 is 11.6 Å². The second-order valence-electron chi connectivity index (χ2n) is 6.39. The van der Waals surface area contributed by atoms with E-state index in [0.717, 1.165) is 12.1 Å². The first-order valence-corrected chi connectivity index (χ1v) is 9.41. The van der Waals surface area contributed by atoms with Crippen molar-refractivity contribution in [2.24, 2.45) is 0 Å². The minimum Gasteiger partial charge on any atom is -0.495 e. The molecule has 0 saturated heterocycles. The second-order valence-corrected chi connectivity index (χ2v) is 6.80. The lowest BCUT2D eigenvalue weighted by Crippen LogP contribution is -2.14. The summed E-state index contributed by atoms with van der Waals surface area (Å²) >= 11 is 6.11. The highest BCUT2D eigenvalue weighted by molar-refractivity contribution is 6.33. The van der Waals surface area contributed by atoms with E-state index in [9.17, 15) is 30.3 Å². The van der Waals surface area contributed by atoms with Crippen LogP contribution in [0.3, 0.4) is 0 Å². The molecule has 0 aliphatic rings. The number of ether oxygens (including phenoxy) is 1. The number of nitro benzene ring substituents is 2. The highest BCUT2D eigenvalue weighted by Gasteiger charge is 2.18. The molecule has 0 bridgehead atoms. The third-order valence-corrected chi connectivity index (χ3v) is 4.68. The van der Waals surface area contributed by atoms with Crippen LogP contribution in [0.5, 0.6) is 5.75 Å². The summed E-state index contributed by atoms with van der Waals surface area (Å²) in [6.07, 6.45) is 1.15. The van der Waals surface area contributed by atoms with Gasteiger partial charge in [0.25, 0.3) is 17.3 Å². The van der Waals surface area contributed by atoms with Crippen molar-refractivity contribution in [3.05, 3.63) is 85.1 Å². The second kappa shape index (κ2) is 9.63. The molecule has 33 heavy (non-hydrogen) atoms. The smallest absolute Gasteiger partial charge is 0.271 e. The zero-order valence-corrected chi connectivity index (χ0v) is 17.5. The van der Waals surface area contributed by atoms with Crippen molar-refractivity contribution >= 4 is 40.6 Å².